The number of ketones is 1. The number of methoxy groups -OCH3 is 1. The third kappa shape index (κ3) is 3.20. The van der Waals surface area contributed by atoms with Crippen LogP contribution in [0.25, 0.3) is 0 Å². The second kappa shape index (κ2) is 5.97. The average molecular weight is 261 g/mol. The Kier molecular flexibility index (Phi) is 4.32. The minimum Gasteiger partial charge on any atom is -0.469 e. The summed E-state index contributed by atoms with van der Waals surface area (Å²) in [6.45, 7) is 3.53. The molecule has 0 N–H and O–H groups in total. The maximum absolute atomic E-state index is 11.7. The molecular formula is C15H19NO3. The summed E-state index contributed by atoms with van der Waals surface area (Å²) < 4.78 is 4.80. The number of Topliss-reactive ketones (excluding diaryl/α,β-unsaturated/α-hetero) is 1. The standard InChI is InChI=1S/C15H19NO3/c1-11(17)13-9-16(10-14(13)15(18)19-2)8-12-6-4-3-5-7-12/h3-7,13-14H,8-10H2,1-2H3. The van der Waals surface area contributed by atoms with Gasteiger partial charge in [-0.3, -0.25) is 14.5 Å². The Hall–Kier alpha value is -1.68. The first-order chi connectivity index (χ1) is 9.11. The zero-order valence-electron chi connectivity index (χ0n) is 11.3. The van der Waals surface area contributed by atoms with Crippen LogP contribution in [-0.2, 0) is 20.9 Å². The Bertz CT molecular complexity index is 458. The minimum absolute atomic E-state index is 0.0611. The molecular weight excluding hydrogens is 242 g/mol. The first-order valence-electron chi connectivity index (χ1n) is 6.46. The number of benzene rings is 1. The summed E-state index contributed by atoms with van der Waals surface area (Å²) in [7, 11) is 1.37. The highest BCUT2D eigenvalue weighted by Gasteiger charge is 2.40. The molecule has 2 rings (SSSR count). The molecule has 0 aromatic heterocycles. The van der Waals surface area contributed by atoms with Crippen LogP contribution in [0.4, 0.5) is 0 Å². The van der Waals surface area contributed by atoms with Gasteiger partial charge < -0.3 is 4.74 Å². The van der Waals surface area contributed by atoms with Crippen LogP contribution in [0.15, 0.2) is 30.3 Å². The molecule has 2 atom stereocenters. The first-order valence-corrected chi connectivity index (χ1v) is 6.46. The molecule has 1 fully saturated rings. The fraction of sp³-hybridized carbons (Fsp3) is 0.467. The average Bonchev–Trinajstić information content (AvgIpc) is 2.83. The van der Waals surface area contributed by atoms with Gasteiger partial charge in [-0.15, -0.1) is 0 Å². The van der Waals surface area contributed by atoms with Crippen molar-refractivity contribution in [1.82, 2.24) is 4.90 Å². The predicted molar refractivity (Wildman–Crippen MR) is 71.4 cm³/mol. The maximum Gasteiger partial charge on any atom is 0.310 e. The summed E-state index contributed by atoms with van der Waals surface area (Å²) in [6.07, 6.45) is 0. The molecule has 0 aliphatic carbocycles. The molecule has 4 heteroatoms. The number of esters is 1. The number of rotatable bonds is 4. The molecule has 1 aliphatic rings. The lowest BCUT2D eigenvalue weighted by atomic mass is 9.93. The first kappa shape index (κ1) is 13.7. The van der Waals surface area contributed by atoms with Gasteiger partial charge in [0.15, 0.2) is 0 Å². The Morgan fingerprint density at radius 2 is 1.84 bits per heavy atom. The van der Waals surface area contributed by atoms with Crippen LogP contribution in [0.3, 0.4) is 0 Å². The van der Waals surface area contributed by atoms with Gasteiger partial charge in [0.25, 0.3) is 0 Å². The minimum atomic E-state index is -0.328. The molecule has 1 saturated heterocycles. The van der Waals surface area contributed by atoms with Crippen LogP contribution in [0.2, 0.25) is 0 Å². The highest BCUT2D eigenvalue weighted by Crippen LogP contribution is 2.26. The predicted octanol–water partition coefficient (Wildman–Crippen LogP) is 1.50. The lowest BCUT2D eigenvalue weighted by molar-refractivity contribution is -0.148. The lowest BCUT2D eigenvalue weighted by Gasteiger charge is -2.15. The van der Waals surface area contributed by atoms with E-state index in [-0.39, 0.29) is 23.6 Å². The fourth-order valence-corrected chi connectivity index (χ4v) is 2.66. The van der Waals surface area contributed by atoms with Gasteiger partial charge in [0.2, 0.25) is 0 Å². The highest BCUT2D eigenvalue weighted by molar-refractivity contribution is 5.86. The van der Waals surface area contributed by atoms with E-state index in [0.29, 0.717) is 13.1 Å². The van der Waals surface area contributed by atoms with Crippen molar-refractivity contribution in [1.29, 1.82) is 0 Å². The summed E-state index contributed by atoms with van der Waals surface area (Å²) in [5.74, 6) is -0.788. The van der Waals surface area contributed by atoms with Gasteiger partial charge in [0, 0.05) is 25.6 Å². The third-order valence-corrected chi connectivity index (χ3v) is 3.67. The van der Waals surface area contributed by atoms with Gasteiger partial charge in [-0.25, -0.2) is 0 Å². The van der Waals surface area contributed by atoms with Crippen LogP contribution < -0.4 is 0 Å². The number of carbonyl (C=O) groups excluding carboxylic acids is 2. The fourth-order valence-electron chi connectivity index (χ4n) is 2.66. The van der Waals surface area contributed by atoms with E-state index in [1.54, 1.807) is 6.92 Å². The van der Waals surface area contributed by atoms with Crippen LogP contribution >= 0.6 is 0 Å². The molecule has 0 saturated carbocycles. The molecule has 19 heavy (non-hydrogen) atoms. The summed E-state index contributed by atoms with van der Waals surface area (Å²) in [5, 5.41) is 0. The van der Waals surface area contributed by atoms with Crippen LogP contribution in [-0.4, -0.2) is 36.9 Å². The number of carbonyl (C=O) groups is 2. The van der Waals surface area contributed by atoms with Gasteiger partial charge in [-0.1, -0.05) is 30.3 Å². The van der Waals surface area contributed by atoms with Crippen LogP contribution in [0.5, 0.6) is 0 Å². The Labute approximate surface area is 113 Å². The second-order valence-corrected chi connectivity index (χ2v) is 5.03. The normalized spacial score (nSPS) is 23.3. The van der Waals surface area contributed by atoms with Crippen molar-refractivity contribution in [2.45, 2.75) is 13.5 Å². The van der Waals surface area contributed by atoms with E-state index < -0.39 is 0 Å². The number of hydrogen-bond donors (Lipinski definition) is 0. The molecule has 1 aromatic rings. The molecule has 2 unspecified atom stereocenters. The number of likely N-dealkylation sites (tertiary alicyclic amines) is 1. The summed E-state index contributed by atoms with van der Waals surface area (Å²) in [4.78, 5) is 25.5. The topological polar surface area (TPSA) is 46.6 Å². The quantitative estimate of drug-likeness (QED) is 0.771. The van der Waals surface area contributed by atoms with Crippen molar-refractivity contribution < 1.29 is 14.3 Å². The van der Waals surface area contributed by atoms with Gasteiger partial charge in [0.1, 0.15) is 5.78 Å². The molecule has 4 nitrogen and oxygen atoms in total. The Morgan fingerprint density at radius 1 is 1.21 bits per heavy atom. The van der Waals surface area contributed by atoms with E-state index >= 15 is 0 Å². The van der Waals surface area contributed by atoms with Crippen molar-refractivity contribution >= 4 is 11.8 Å². The van der Waals surface area contributed by atoms with Gasteiger partial charge in [0.05, 0.1) is 13.0 Å². The summed E-state index contributed by atoms with van der Waals surface area (Å²) >= 11 is 0. The van der Waals surface area contributed by atoms with Gasteiger partial charge in [-0.2, -0.15) is 0 Å². The van der Waals surface area contributed by atoms with E-state index in [2.05, 4.69) is 4.90 Å². The highest BCUT2D eigenvalue weighted by atomic mass is 16.5. The molecule has 102 valence electrons. The zero-order chi connectivity index (χ0) is 13.8. The monoisotopic (exact) mass is 261 g/mol. The van der Waals surface area contributed by atoms with E-state index in [1.807, 2.05) is 30.3 Å². The number of nitrogens with zero attached hydrogens (tertiary/aromatic N) is 1. The maximum atomic E-state index is 11.7. The molecule has 1 aliphatic heterocycles. The Balaban J connectivity index is 2.05. The Morgan fingerprint density at radius 3 is 2.42 bits per heavy atom. The van der Waals surface area contributed by atoms with E-state index in [9.17, 15) is 9.59 Å². The zero-order valence-corrected chi connectivity index (χ0v) is 11.3. The molecule has 1 heterocycles. The smallest absolute Gasteiger partial charge is 0.310 e. The summed E-state index contributed by atoms with van der Waals surface area (Å²) in [5.41, 5.74) is 1.19. The van der Waals surface area contributed by atoms with Gasteiger partial charge >= 0.3 is 5.97 Å². The van der Waals surface area contributed by atoms with Crippen molar-refractivity contribution in [3.8, 4) is 0 Å². The molecule has 0 bridgehead atoms. The SMILES string of the molecule is COC(=O)C1CN(Cc2ccccc2)CC1C(C)=O. The van der Waals surface area contributed by atoms with Crippen LogP contribution in [0, 0.1) is 11.8 Å². The van der Waals surface area contributed by atoms with Gasteiger partial charge in [-0.05, 0) is 12.5 Å². The number of hydrogen-bond acceptors (Lipinski definition) is 4. The van der Waals surface area contributed by atoms with Crippen LogP contribution in [0.1, 0.15) is 12.5 Å². The third-order valence-electron chi connectivity index (χ3n) is 3.67. The summed E-state index contributed by atoms with van der Waals surface area (Å²) in [6, 6.07) is 10.1. The van der Waals surface area contributed by atoms with Crippen molar-refractivity contribution in [3.05, 3.63) is 35.9 Å². The molecule has 0 radical (unpaired) electrons. The molecule has 0 amide bonds. The molecule has 0 spiro atoms. The largest absolute Gasteiger partial charge is 0.469 e. The second-order valence-electron chi connectivity index (χ2n) is 5.03. The molecule has 1 aromatic carbocycles. The van der Waals surface area contributed by atoms with E-state index in [0.717, 1.165) is 6.54 Å². The van der Waals surface area contributed by atoms with Crippen molar-refractivity contribution in [2.75, 3.05) is 20.2 Å². The van der Waals surface area contributed by atoms with Crippen molar-refractivity contribution in [3.63, 3.8) is 0 Å². The van der Waals surface area contributed by atoms with E-state index in [4.69, 9.17) is 4.74 Å². The lowest BCUT2D eigenvalue weighted by Crippen LogP contribution is -2.28. The van der Waals surface area contributed by atoms with Crippen molar-refractivity contribution in [2.24, 2.45) is 11.8 Å². The number of ether oxygens (including phenoxy) is 1. The van der Waals surface area contributed by atoms with E-state index in [1.165, 1.54) is 12.7 Å².